The fourth-order valence-electron chi connectivity index (χ4n) is 1.38. The van der Waals surface area contributed by atoms with E-state index in [2.05, 4.69) is 32.5 Å². The molecule has 0 amide bonds. The zero-order valence-electron chi connectivity index (χ0n) is 9.89. The van der Waals surface area contributed by atoms with Crippen LogP contribution in [0.4, 0.5) is 0 Å². The molecule has 2 heteroatoms. The average molecular weight is 237 g/mol. The summed E-state index contributed by atoms with van der Waals surface area (Å²) in [5.74, 6) is 4.97. The Kier molecular flexibility index (Phi) is 10.6. The van der Waals surface area contributed by atoms with Gasteiger partial charge in [-0.05, 0) is 29.8 Å². The van der Waals surface area contributed by atoms with Gasteiger partial charge in [0, 0.05) is 5.88 Å². The maximum atomic E-state index is 5.77. The van der Waals surface area contributed by atoms with E-state index in [4.69, 9.17) is 11.6 Å². The molecule has 0 aliphatic carbocycles. The van der Waals surface area contributed by atoms with Gasteiger partial charge in [-0.2, -0.15) is 11.8 Å². The van der Waals surface area contributed by atoms with Crippen molar-refractivity contribution in [3.05, 3.63) is 0 Å². The van der Waals surface area contributed by atoms with Crippen molar-refractivity contribution in [1.82, 2.24) is 0 Å². The molecule has 0 aliphatic rings. The van der Waals surface area contributed by atoms with E-state index in [1.165, 1.54) is 37.2 Å². The van der Waals surface area contributed by atoms with Crippen molar-refractivity contribution in [2.75, 3.05) is 17.4 Å². The van der Waals surface area contributed by atoms with E-state index in [0.29, 0.717) is 5.92 Å². The van der Waals surface area contributed by atoms with Crippen LogP contribution >= 0.6 is 23.4 Å². The van der Waals surface area contributed by atoms with Gasteiger partial charge in [0.1, 0.15) is 0 Å². The van der Waals surface area contributed by atoms with E-state index >= 15 is 0 Å². The molecule has 0 saturated heterocycles. The van der Waals surface area contributed by atoms with E-state index in [0.717, 1.165) is 11.8 Å². The lowest BCUT2D eigenvalue weighted by Crippen LogP contribution is -2.06. The summed E-state index contributed by atoms with van der Waals surface area (Å²) in [6.45, 7) is 6.81. The Labute approximate surface area is 99.2 Å². The highest BCUT2D eigenvalue weighted by Gasteiger charge is 2.07. The van der Waals surface area contributed by atoms with E-state index < -0.39 is 0 Å². The average Bonchev–Trinajstić information content (AvgIpc) is 2.22. The molecule has 0 bridgehead atoms. The summed E-state index contributed by atoms with van der Waals surface area (Å²) < 4.78 is 0. The van der Waals surface area contributed by atoms with Gasteiger partial charge in [-0.15, -0.1) is 11.6 Å². The van der Waals surface area contributed by atoms with Gasteiger partial charge in [0.25, 0.3) is 0 Å². The van der Waals surface area contributed by atoms with Gasteiger partial charge in [-0.3, -0.25) is 0 Å². The van der Waals surface area contributed by atoms with Gasteiger partial charge >= 0.3 is 0 Å². The second-order valence-corrected chi connectivity index (χ2v) is 5.60. The number of alkyl halides is 1. The second-order valence-electron chi connectivity index (χ2n) is 4.21. The molecule has 14 heavy (non-hydrogen) atoms. The van der Waals surface area contributed by atoms with Crippen LogP contribution in [0.1, 0.15) is 46.5 Å². The van der Waals surface area contributed by atoms with Gasteiger partial charge in [0.05, 0.1) is 0 Å². The number of hydrogen-bond donors (Lipinski definition) is 0. The third kappa shape index (κ3) is 7.99. The predicted octanol–water partition coefficient (Wildman–Crippen LogP) is 4.81. The van der Waals surface area contributed by atoms with Crippen molar-refractivity contribution < 1.29 is 0 Å². The maximum absolute atomic E-state index is 5.77. The third-order valence-electron chi connectivity index (χ3n) is 2.56. The highest BCUT2D eigenvalue weighted by Crippen LogP contribution is 2.20. The molecule has 0 aromatic carbocycles. The lowest BCUT2D eigenvalue weighted by Gasteiger charge is -2.15. The number of rotatable bonds is 9. The largest absolute Gasteiger partial charge is 0.161 e. The van der Waals surface area contributed by atoms with Crippen molar-refractivity contribution >= 4 is 23.4 Å². The van der Waals surface area contributed by atoms with E-state index in [1.807, 2.05) is 0 Å². The molecule has 0 rings (SSSR count). The molecule has 86 valence electrons. The molecular weight excluding hydrogens is 212 g/mol. The van der Waals surface area contributed by atoms with Crippen LogP contribution in [-0.2, 0) is 0 Å². The SMILES string of the molecule is CCCCC(CC)CSCC(C)CCl. The molecule has 0 aliphatic heterocycles. The molecule has 2 unspecified atom stereocenters. The molecule has 0 radical (unpaired) electrons. The number of halogens is 1. The zero-order valence-corrected chi connectivity index (χ0v) is 11.5. The summed E-state index contributed by atoms with van der Waals surface area (Å²) >= 11 is 7.86. The molecule has 0 saturated carbocycles. The predicted molar refractivity (Wildman–Crippen MR) is 70.5 cm³/mol. The monoisotopic (exact) mass is 236 g/mol. The van der Waals surface area contributed by atoms with Crippen LogP contribution in [0, 0.1) is 11.8 Å². The van der Waals surface area contributed by atoms with Crippen LogP contribution in [-0.4, -0.2) is 17.4 Å². The molecule has 0 nitrogen and oxygen atoms in total. The Morgan fingerprint density at radius 3 is 2.43 bits per heavy atom. The highest BCUT2D eigenvalue weighted by molar-refractivity contribution is 7.99. The second kappa shape index (κ2) is 10.2. The number of thioether (sulfide) groups is 1. The summed E-state index contributed by atoms with van der Waals surface area (Å²) in [5, 5.41) is 0. The van der Waals surface area contributed by atoms with Crippen LogP contribution in [0.5, 0.6) is 0 Å². The van der Waals surface area contributed by atoms with E-state index in [-0.39, 0.29) is 0 Å². The first-order chi connectivity index (χ1) is 6.74. The number of hydrogen-bond acceptors (Lipinski definition) is 1. The Balaban J connectivity index is 3.42. The minimum absolute atomic E-state index is 0.672. The van der Waals surface area contributed by atoms with Crippen LogP contribution in [0.3, 0.4) is 0 Å². The summed E-state index contributed by atoms with van der Waals surface area (Å²) in [7, 11) is 0. The van der Waals surface area contributed by atoms with E-state index in [9.17, 15) is 0 Å². The van der Waals surface area contributed by atoms with Gasteiger partial charge in [0.15, 0.2) is 0 Å². The van der Waals surface area contributed by atoms with Gasteiger partial charge in [-0.25, -0.2) is 0 Å². The third-order valence-corrected chi connectivity index (χ3v) is 4.60. The Morgan fingerprint density at radius 2 is 1.93 bits per heavy atom. The standard InChI is InChI=1S/C12H25ClS/c1-4-6-7-12(5-2)10-14-9-11(3)8-13/h11-12H,4-10H2,1-3H3. The van der Waals surface area contributed by atoms with Crippen molar-refractivity contribution in [3.63, 3.8) is 0 Å². The smallest absolute Gasteiger partial charge is 0.0257 e. The summed E-state index contributed by atoms with van der Waals surface area (Å²) in [5.41, 5.74) is 0. The molecule has 0 spiro atoms. The molecule has 0 aromatic rings. The van der Waals surface area contributed by atoms with Crippen molar-refractivity contribution in [2.24, 2.45) is 11.8 Å². The fourth-order valence-corrected chi connectivity index (χ4v) is 3.01. The quantitative estimate of drug-likeness (QED) is 0.518. The molecular formula is C12H25ClS. The van der Waals surface area contributed by atoms with Crippen LogP contribution in [0.2, 0.25) is 0 Å². The van der Waals surface area contributed by atoms with Crippen LogP contribution in [0.25, 0.3) is 0 Å². The first-order valence-electron chi connectivity index (χ1n) is 5.88. The lowest BCUT2D eigenvalue weighted by atomic mass is 10.0. The van der Waals surface area contributed by atoms with Crippen LogP contribution in [0.15, 0.2) is 0 Å². The first kappa shape index (κ1) is 14.6. The summed E-state index contributed by atoms with van der Waals surface area (Å²) in [6, 6.07) is 0. The van der Waals surface area contributed by atoms with Crippen molar-refractivity contribution in [2.45, 2.75) is 46.5 Å². The molecule has 0 heterocycles. The molecule has 2 atom stereocenters. The van der Waals surface area contributed by atoms with Crippen molar-refractivity contribution in [3.8, 4) is 0 Å². The minimum Gasteiger partial charge on any atom is -0.161 e. The topological polar surface area (TPSA) is 0 Å². The fraction of sp³-hybridized carbons (Fsp3) is 1.00. The zero-order chi connectivity index (χ0) is 10.8. The highest BCUT2D eigenvalue weighted by atomic mass is 35.5. The van der Waals surface area contributed by atoms with E-state index in [1.54, 1.807) is 0 Å². The Hall–Kier alpha value is 0.640. The molecule has 0 fully saturated rings. The first-order valence-corrected chi connectivity index (χ1v) is 7.57. The Bertz CT molecular complexity index is 117. The summed E-state index contributed by atoms with van der Waals surface area (Å²) in [6.07, 6.45) is 5.47. The maximum Gasteiger partial charge on any atom is 0.0257 e. The lowest BCUT2D eigenvalue weighted by molar-refractivity contribution is 0.499. The van der Waals surface area contributed by atoms with Gasteiger partial charge < -0.3 is 0 Å². The normalized spacial score (nSPS) is 15.4. The minimum atomic E-state index is 0.672. The number of unbranched alkanes of at least 4 members (excludes halogenated alkanes) is 1. The van der Waals surface area contributed by atoms with Crippen LogP contribution < -0.4 is 0 Å². The molecule has 0 N–H and O–H groups in total. The van der Waals surface area contributed by atoms with Crippen molar-refractivity contribution in [1.29, 1.82) is 0 Å². The summed E-state index contributed by atoms with van der Waals surface area (Å²) in [4.78, 5) is 0. The Morgan fingerprint density at radius 1 is 1.21 bits per heavy atom. The van der Waals surface area contributed by atoms with Gasteiger partial charge in [-0.1, -0.05) is 40.0 Å². The van der Waals surface area contributed by atoms with Gasteiger partial charge in [0.2, 0.25) is 0 Å². The molecule has 0 aromatic heterocycles.